The molecule has 1 aromatic carbocycles. The number of hydrogen-bond acceptors (Lipinski definition) is 2. The highest BCUT2D eigenvalue weighted by atomic mass is 19.1. The monoisotopic (exact) mass is 227 g/mol. The summed E-state index contributed by atoms with van der Waals surface area (Å²) in [5, 5.41) is 0. The molecule has 3 nitrogen and oxygen atoms in total. The van der Waals surface area contributed by atoms with Crippen molar-refractivity contribution in [2.45, 2.75) is 6.42 Å². The molecule has 0 saturated heterocycles. The van der Waals surface area contributed by atoms with Gasteiger partial charge in [0.25, 0.3) is 0 Å². The lowest BCUT2D eigenvalue weighted by molar-refractivity contribution is -0.117. The minimum Gasteiger partial charge on any atom is -0.491 e. The Morgan fingerprint density at radius 3 is 2.44 bits per heavy atom. The van der Waals surface area contributed by atoms with Crippen LogP contribution < -0.4 is 10.5 Å². The van der Waals surface area contributed by atoms with E-state index in [2.05, 4.69) is 4.74 Å². The number of amides is 1. The van der Waals surface area contributed by atoms with Crippen molar-refractivity contribution in [3.05, 3.63) is 35.4 Å². The number of primary amides is 1. The van der Waals surface area contributed by atoms with Crippen molar-refractivity contribution in [3.63, 3.8) is 0 Å². The number of methoxy groups -OCH3 is 1. The third-order valence-corrected chi connectivity index (χ3v) is 1.85. The number of hydrogen-bond donors (Lipinski definition) is 1. The summed E-state index contributed by atoms with van der Waals surface area (Å²) in [5.74, 6) is -2.51. The molecule has 5 heteroatoms. The lowest BCUT2D eigenvalue weighted by Crippen LogP contribution is -2.07. The van der Waals surface area contributed by atoms with E-state index in [1.165, 1.54) is 19.3 Å². The molecular formula is C11H11F2NO2. The molecule has 0 atom stereocenters. The van der Waals surface area contributed by atoms with Gasteiger partial charge >= 0.3 is 0 Å². The van der Waals surface area contributed by atoms with E-state index in [0.717, 1.165) is 12.1 Å². The first kappa shape index (κ1) is 12.2. The minimum atomic E-state index is -0.791. The lowest BCUT2D eigenvalue weighted by Gasteiger charge is -2.04. The van der Waals surface area contributed by atoms with E-state index < -0.39 is 23.3 Å². The van der Waals surface area contributed by atoms with Gasteiger partial charge in [0, 0.05) is 6.42 Å². The number of carbonyl (C=O) groups is 1. The molecule has 0 saturated carbocycles. The van der Waals surface area contributed by atoms with Crippen LogP contribution in [0.2, 0.25) is 0 Å². The molecule has 0 aromatic heterocycles. The van der Waals surface area contributed by atoms with Gasteiger partial charge in [-0.15, -0.1) is 0 Å². The van der Waals surface area contributed by atoms with E-state index in [0.29, 0.717) is 5.56 Å². The third kappa shape index (κ3) is 3.05. The van der Waals surface area contributed by atoms with Gasteiger partial charge in [-0.05, 0) is 17.7 Å². The SMILES string of the molecule is COc1c(F)cc(C=CCC(N)=O)cc1F. The largest absolute Gasteiger partial charge is 0.491 e. The van der Waals surface area contributed by atoms with E-state index in [-0.39, 0.29) is 6.42 Å². The van der Waals surface area contributed by atoms with Crippen molar-refractivity contribution in [1.82, 2.24) is 0 Å². The fourth-order valence-corrected chi connectivity index (χ4v) is 1.18. The first-order chi connectivity index (χ1) is 7.54. The molecule has 16 heavy (non-hydrogen) atoms. The van der Waals surface area contributed by atoms with Gasteiger partial charge in [0.2, 0.25) is 5.91 Å². The Bertz CT molecular complexity index is 407. The second-order valence-electron chi connectivity index (χ2n) is 3.09. The molecule has 1 amide bonds. The second kappa shape index (κ2) is 5.25. The van der Waals surface area contributed by atoms with Gasteiger partial charge in [-0.3, -0.25) is 4.79 Å². The van der Waals surface area contributed by atoms with Crippen molar-refractivity contribution in [2.24, 2.45) is 5.73 Å². The molecule has 2 N–H and O–H groups in total. The van der Waals surface area contributed by atoms with Crippen LogP contribution in [0.25, 0.3) is 6.08 Å². The smallest absolute Gasteiger partial charge is 0.221 e. The molecule has 0 heterocycles. The van der Waals surface area contributed by atoms with Crippen LogP contribution in [0, 0.1) is 11.6 Å². The zero-order valence-electron chi connectivity index (χ0n) is 8.67. The zero-order valence-corrected chi connectivity index (χ0v) is 8.67. The molecule has 0 radical (unpaired) electrons. The number of nitrogens with two attached hydrogens (primary N) is 1. The van der Waals surface area contributed by atoms with Crippen LogP contribution in [0.1, 0.15) is 12.0 Å². The van der Waals surface area contributed by atoms with Crippen molar-refractivity contribution in [1.29, 1.82) is 0 Å². The summed E-state index contributed by atoms with van der Waals surface area (Å²) in [6, 6.07) is 2.22. The summed E-state index contributed by atoms with van der Waals surface area (Å²) in [6.07, 6.45) is 2.87. The zero-order chi connectivity index (χ0) is 12.1. The maximum absolute atomic E-state index is 13.2. The lowest BCUT2D eigenvalue weighted by atomic mass is 10.1. The Morgan fingerprint density at radius 2 is 2.00 bits per heavy atom. The number of ether oxygens (including phenoxy) is 1. The van der Waals surface area contributed by atoms with E-state index >= 15 is 0 Å². The molecule has 0 fully saturated rings. The topological polar surface area (TPSA) is 52.3 Å². The highest BCUT2D eigenvalue weighted by Crippen LogP contribution is 2.23. The Hall–Kier alpha value is -1.91. The average molecular weight is 227 g/mol. The van der Waals surface area contributed by atoms with Crippen LogP contribution in [-0.2, 0) is 4.79 Å². The van der Waals surface area contributed by atoms with E-state index in [4.69, 9.17) is 5.73 Å². The fourth-order valence-electron chi connectivity index (χ4n) is 1.18. The maximum Gasteiger partial charge on any atom is 0.221 e. The Morgan fingerprint density at radius 1 is 1.44 bits per heavy atom. The molecule has 0 aliphatic rings. The fraction of sp³-hybridized carbons (Fsp3) is 0.182. The van der Waals surface area contributed by atoms with Gasteiger partial charge in [0.15, 0.2) is 17.4 Å². The van der Waals surface area contributed by atoms with Crippen LogP contribution >= 0.6 is 0 Å². The number of halogens is 2. The summed E-state index contributed by atoms with van der Waals surface area (Å²) in [6.45, 7) is 0. The molecule has 0 spiro atoms. The molecular weight excluding hydrogens is 216 g/mol. The summed E-state index contributed by atoms with van der Waals surface area (Å²) < 4.78 is 30.9. The molecule has 1 rings (SSSR count). The van der Waals surface area contributed by atoms with E-state index in [1.54, 1.807) is 0 Å². The standard InChI is InChI=1S/C11H11F2NO2/c1-16-11-8(12)5-7(6-9(11)13)3-2-4-10(14)15/h2-3,5-6H,4H2,1H3,(H2,14,15). The molecule has 0 bridgehead atoms. The summed E-state index contributed by atoms with van der Waals surface area (Å²) >= 11 is 0. The third-order valence-electron chi connectivity index (χ3n) is 1.85. The summed E-state index contributed by atoms with van der Waals surface area (Å²) in [5.41, 5.74) is 5.21. The second-order valence-corrected chi connectivity index (χ2v) is 3.09. The highest BCUT2D eigenvalue weighted by Gasteiger charge is 2.09. The van der Waals surface area contributed by atoms with Crippen LogP contribution in [0.3, 0.4) is 0 Å². The van der Waals surface area contributed by atoms with Gasteiger partial charge < -0.3 is 10.5 Å². The predicted octanol–water partition coefficient (Wildman–Crippen LogP) is 1.86. The van der Waals surface area contributed by atoms with Gasteiger partial charge in [-0.25, -0.2) is 8.78 Å². The van der Waals surface area contributed by atoms with Crippen LogP contribution in [0.4, 0.5) is 8.78 Å². The van der Waals surface area contributed by atoms with Crippen LogP contribution in [-0.4, -0.2) is 13.0 Å². The number of carbonyl (C=O) groups excluding carboxylic acids is 1. The summed E-state index contributed by atoms with van der Waals surface area (Å²) in [4.78, 5) is 10.4. The molecule has 86 valence electrons. The molecule has 0 unspecified atom stereocenters. The predicted molar refractivity (Wildman–Crippen MR) is 55.8 cm³/mol. The van der Waals surface area contributed by atoms with Crippen LogP contribution in [0.5, 0.6) is 5.75 Å². The van der Waals surface area contributed by atoms with Crippen molar-refractivity contribution >= 4 is 12.0 Å². The van der Waals surface area contributed by atoms with Gasteiger partial charge in [-0.2, -0.15) is 0 Å². The van der Waals surface area contributed by atoms with Gasteiger partial charge in [0.05, 0.1) is 7.11 Å². The van der Waals surface area contributed by atoms with Gasteiger partial charge in [0.1, 0.15) is 0 Å². The van der Waals surface area contributed by atoms with Gasteiger partial charge in [-0.1, -0.05) is 12.2 Å². The normalized spacial score (nSPS) is 10.7. The molecule has 0 aliphatic heterocycles. The minimum absolute atomic E-state index is 0.0231. The quantitative estimate of drug-likeness (QED) is 0.853. The first-order valence-electron chi connectivity index (χ1n) is 4.52. The average Bonchev–Trinajstić information content (AvgIpc) is 2.16. The molecule has 1 aromatic rings. The highest BCUT2D eigenvalue weighted by molar-refractivity contribution is 5.76. The van der Waals surface area contributed by atoms with Crippen molar-refractivity contribution in [3.8, 4) is 5.75 Å². The number of benzene rings is 1. The number of rotatable bonds is 4. The van der Waals surface area contributed by atoms with E-state index in [9.17, 15) is 13.6 Å². The van der Waals surface area contributed by atoms with E-state index in [1.807, 2.05) is 0 Å². The Labute approximate surface area is 91.5 Å². The Kier molecular flexibility index (Phi) is 3.99. The maximum atomic E-state index is 13.2. The first-order valence-corrected chi connectivity index (χ1v) is 4.52. The van der Waals surface area contributed by atoms with Crippen molar-refractivity contribution in [2.75, 3.05) is 7.11 Å². The molecule has 0 aliphatic carbocycles. The summed E-state index contributed by atoms with van der Waals surface area (Å²) in [7, 11) is 1.18. The van der Waals surface area contributed by atoms with Crippen LogP contribution in [0.15, 0.2) is 18.2 Å². The Balaban J connectivity index is 2.91. The van der Waals surface area contributed by atoms with Crippen molar-refractivity contribution < 1.29 is 18.3 Å².